The van der Waals surface area contributed by atoms with Gasteiger partial charge in [0.25, 0.3) is 5.56 Å². The summed E-state index contributed by atoms with van der Waals surface area (Å²) in [6.07, 6.45) is 4.40. The summed E-state index contributed by atoms with van der Waals surface area (Å²) in [7, 11) is 0. The van der Waals surface area contributed by atoms with E-state index >= 15 is 0 Å². The second kappa shape index (κ2) is 4.96. The lowest BCUT2D eigenvalue weighted by atomic mass is 10.3. The number of nitrogens with zero attached hydrogens (tertiary/aromatic N) is 5. The van der Waals surface area contributed by atoms with Gasteiger partial charge in [0.2, 0.25) is 0 Å². The monoisotopic (exact) mass is 268 g/mol. The normalized spacial score (nSPS) is 11.2. The first kappa shape index (κ1) is 12.1. The first-order chi connectivity index (χ1) is 9.75. The Morgan fingerprint density at radius 2 is 1.90 bits per heavy atom. The van der Waals surface area contributed by atoms with Crippen LogP contribution >= 0.6 is 0 Å². The molecule has 0 spiro atoms. The highest BCUT2D eigenvalue weighted by Crippen LogP contribution is 2.05. The van der Waals surface area contributed by atoms with E-state index in [0.717, 1.165) is 11.4 Å². The SMILES string of the molecule is Cc1[nH]n(-c2ccccc2)c(=O)c1/C=N/n1cnnc1. The van der Waals surface area contributed by atoms with Crippen LogP contribution in [-0.2, 0) is 0 Å². The smallest absolute Gasteiger partial charge is 0.280 e. The highest BCUT2D eigenvalue weighted by molar-refractivity contribution is 5.80. The molecule has 7 heteroatoms. The molecule has 0 aliphatic carbocycles. The fourth-order valence-electron chi connectivity index (χ4n) is 1.85. The van der Waals surface area contributed by atoms with Crippen molar-refractivity contribution in [1.29, 1.82) is 0 Å². The summed E-state index contributed by atoms with van der Waals surface area (Å²) < 4.78 is 2.92. The van der Waals surface area contributed by atoms with Crippen molar-refractivity contribution < 1.29 is 0 Å². The van der Waals surface area contributed by atoms with E-state index in [1.165, 1.54) is 28.2 Å². The average molecular weight is 268 g/mol. The molecule has 7 nitrogen and oxygen atoms in total. The number of aromatic nitrogens is 5. The van der Waals surface area contributed by atoms with Gasteiger partial charge in [0.1, 0.15) is 12.7 Å². The quantitative estimate of drug-likeness (QED) is 0.718. The minimum Gasteiger partial charge on any atom is -0.295 e. The van der Waals surface area contributed by atoms with E-state index in [-0.39, 0.29) is 5.56 Å². The Hall–Kier alpha value is -2.96. The maximum atomic E-state index is 12.3. The summed E-state index contributed by atoms with van der Waals surface area (Å²) in [5.74, 6) is 0. The minimum atomic E-state index is -0.148. The minimum absolute atomic E-state index is 0.148. The molecule has 0 aliphatic rings. The van der Waals surface area contributed by atoms with Crippen molar-refractivity contribution in [3.8, 4) is 5.69 Å². The molecule has 0 radical (unpaired) electrons. The lowest BCUT2D eigenvalue weighted by Gasteiger charge is -1.99. The first-order valence-corrected chi connectivity index (χ1v) is 6.02. The topological polar surface area (TPSA) is 80.9 Å². The fourth-order valence-corrected chi connectivity index (χ4v) is 1.85. The molecular weight excluding hydrogens is 256 g/mol. The molecule has 1 N–H and O–H groups in total. The van der Waals surface area contributed by atoms with E-state index in [1.807, 2.05) is 37.3 Å². The molecule has 1 aromatic carbocycles. The highest BCUT2D eigenvalue weighted by atomic mass is 16.1. The Bertz CT molecular complexity index is 782. The Kier molecular flexibility index (Phi) is 3.00. The number of hydrogen-bond acceptors (Lipinski definition) is 4. The Labute approximate surface area is 114 Å². The number of hydrogen-bond donors (Lipinski definition) is 1. The van der Waals surface area contributed by atoms with Crippen LogP contribution in [0.2, 0.25) is 0 Å². The van der Waals surface area contributed by atoms with Gasteiger partial charge in [-0.05, 0) is 19.1 Å². The average Bonchev–Trinajstić information content (AvgIpc) is 3.07. The molecule has 0 amide bonds. The van der Waals surface area contributed by atoms with Crippen LogP contribution in [0.15, 0.2) is 52.9 Å². The van der Waals surface area contributed by atoms with Crippen molar-refractivity contribution in [2.24, 2.45) is 5.10 Å². The molecule has 0 saturated carbocycles. The molecule has 0 saturated heterocycles. The van der Waals surface area contributed by atoms with Gasteiger partial charge in [0, 0.05) is 5.69 Å². The lowest BCUT2D eigenvalue weighted by molar-refractivity contribution is 0.835. The van der Waals surface area contributed by atoms with Crippen molar-refractivity contribution in [3.63, 3.8) is 0 Å². The number of aromatic amines is 1. The molecule has 2 aromatic heterocycles. The number of benzene rings is 1. The van der Waals surface area contributed by atoms with Crippen LogP contribution in [0.25, 0.3) is 5.69 Å². The van der Waals surface area contributed by atoms with Crippen molar-refractivity contribution >= 4 is 6.21 Å². The van der Waals surface area contributed by atoms with Gasteiger partial charge in [0.05, 0.1) is 17.5 Å². The highest BCUT2D eigenvalue weighted by Gasteiger charge is 2.10. The molecule has 0 aliphatic heterocycles. The van der Waals surface area contributed by atoms with Gasteiger partial charge in [-0.25, -0.2) is 9.36 Å². The fraction of sp³-hybridized carbons (Fsp3) is 0.0769. The van der Waals surface area contributed by atoms with Crippen LogP contribution in [0, 0.1) is 6.92 Å². The van der Waals surface area contributed by atoms with Gasteiger partial charge < -0.3 is 0 Å². The van der Waals surface area contributed by atoms with Crippen molar-refractivity contribution in [1.82, 2.24) is 24.7 Å². The number of nitrogens with one attached hydrogen (secondary N) is 1. The summed E-state index contributed by atoms with van der Waals surface area (Å²) in [6, 6.07) is 9.38. The van der Waals surface area contributed by atoms with Crippen LogP contribution in [0.5, 0.6) is 0 Å². The number of H-pyrrole nitrogens is 1. The van der Waals surface area contributed by atoms with Crippen LogP contribution in [0.1, 0.15) is 11.3 Å². The molecular formula is C13H12N6O. The molecule has 3 rings (SSSR count). The van der Waals surface area contributed by atoms with Gasteiger partial charge in [-0.15, -0.1) is 10.2 Å². The van der Waals surface area contributed by atoms with Crippen molar-refractivity contribution in [2.45, 2.75) is 6.92 Å². The summed E-state index contributed by atoms with van der Waals surface area (Å²) in [4.78, 5) is 12.3. The zero-order chi connectivity index (χ0) is 13.9. The zero-order valence-electron chi connectivity index (χ0n) is 10.8. The Balaban J connectivity index is 2.02. The summed E-state index contributed by atoms with van der Waals surface area (Å²) in [6.45, 7) is 1.83. The van der Waals surface area contributed by atoms with Gasteiger partial charge in [0.15, 0.2) is 0 Å². The van der Waals surface area contributed by atoms with E-state index in [2.05, 4.69) is 20.4 Å². The number of rotatable bonds is 3. The maximum absolute atomic E-state index is 12.3. The lowest BCUT2D eigenvalue weighted by Crippen LogP contribution is -2.17. The second-order valence-corrected chi connectivity index (χ2v) is 4.21. The molecule has 20 heavy (non-hydrogen) atoms. The first-order valence-electron chi connectivity index (χ1n) is 6.02. The molecule has 2 heterocycles. The largest absolute Gasteiger partial charge is 0.295 e. The molecule has 0 fully saturated rings. The van der Waals surface area contributed by atoms with Crippen LogP contribution in [0.3, 0.4) is 0 Å². The number of para-hydroxylation sites is 1. The van der Waals surface area contributed by atoms with Crippen LogP contribution in [0.4, 0.5) is 0 Å². The molecule has 0 unspecified atom stereocenters. The predicted molar refractivity (Wildman–Crippen MR) is 74.1 cm³/mol. The van der Waals surface area contributed by atoms with E-state index in [0.29, 0.717) is 5.56 Å². The summed E-state index contributed by atoms with van der Waals surface area (Å²) >= 11 is 0. The van der Waals surface area contributed by atoms with Crippen LogP contribution in [-0.4, -0.2) is 30.9 Å². The maximum Gasteiger partial charge on any atom is 0.280 e. The molecule has 0 bridgehead atoms. The summed E-state index contributed by atoms with van der Waals surface area (Å²) in [5, 5.41) is 14.4. The zero-order valence-corrected chi connectivity index (χ0v) is 10.8. The molecule has 3 aromatic rings. The van der Waals surface area contributed by atoms with Gasteiger partial charge in [-0.3, -0.25) is 9.89 Å². The summed E-state index contributed by atoms with van der Waals surface area (Å²) in [5.41, 5.74) is 1.88. The van der Waals surface area contributed by atoms with Gasteiger partial charge >= 0.3 is 0 Å². The van der Waals surface area contributed by atoms with E-state index < -0.39 is 0 Å². The van der Waals surface area contributed by atoms with Crippen molar-refractivity contribution in [2.75, 3.05) is 0 Å². The molecule has 100 valence electrons. The predicted octanol–water partition coefficient (Wildman–Crippen LogP) is 0.948. The second-order valence-electron chi connectivity index (χ2n) is 4.21. The van der Waals surface area contributed by atoms with E-state index in [9.17, 15) is 4.79 Å². The van der Waals surface area contributed by atoms with E-state index in [1.54, 1.807) is 0 Å². The third-order valence-electron chi connectivity index (χ3n) is 2.86. The number of aryl methyl sites for hydroxylation is 1. The van der Waals surface area contributed by atoms with Crippen molar-refractivity contribution in [3.05, 3.63) is 64.6 Å². The van der Waals surface area contributed by atoms with Gasteiger partial charge in [-0.1, -0.05) is 18.2 Å². The van der Waals surface area contributed by atoms with E-state index in [4.69, 9.17) is 0 Å². The van der Waals surface area contributed by atoms with Gasteiger partial charge in [-0.2, -0.15) is 5.10 Å². The standard InChI is InChI=1S/C13H12N6O/c1-10-12(7-16-18-8-14-15-9-18)13(20)19(17-10)11-5-3-2-4-6-11/h2-9,17H,1H3/b16-7+. The Morgan fingerprint density at radius 1 is 1.20 bits per heavy atom. The Morgan fingerprint density at radius 3 is 2.60 bits per heavy atom. The van der Waals surface area contributed by atoms with Crippen LogP contribution < -0.4 is 5.56 Å². The third-order valence-corrected chi connectivity index (χ3v) is 2.86. The third kappa shape index (κ3) is 2.16. The molecule has 0 atom stereocenters.